The summed E-state index contributed by atoms with van der Waals surface area (Å²) in [5, 5.41) is 0. The number of rotatable bonds is 4. The summed E-state index contributed by atoms with van der Waals surface area (Å²) in [5.41, 5.74) is 1.92. The number of amides is 1. The number of carbonyl (C=O) groups excluding carboxylic acids is 1. The zero-order valence-corrected chi connectivity index (χ0v) is 13.4. The quantitative estimate of drug-likeness (QED) is 0.787. The Morgan fingerprint density at radius 2 is 2.00 bits per heavy atom. The monoisotopic (exact) mass is 287 g/mol. The van der Waals surface area contributed by atoms with E-state index in [1.54, 1.807) is 0 Å². The maximum absolute atomic E-state index is 12.7. The second-order valence-electron chi connectivity index (χ2n) is 6.56. The molecule has 21 heavy (non-hydrogen) atoms. The van der Waals surface area contributed by atoms with Crippen molar-refractivity contribution in [1.82, 2.24) is 4.90 Å². The lowest BCUT2D eigenvalue weighted by Gasteiger charge is -2.36. The van der Waals surface area contributed by atoms with Crippen LogP contribution in [0.25, 0.3) is 0 Å². The van der Waals surface area contributed by atoms with Gasteiger partial charge in [-0.2, -0.15) is 0 Å². The van der Waals surface area contributed by atoms with Crippen LogP contribution in [0.3, 0.4) is 0 Å². The van der Waals surface area contributed by atoms with Crippen LogP contribution in [0, 0.1) is 5.41 Å². The number of hydrogen-bond acceptors (Lipinski definition) is 2. The first-order valence-corrected chi connectivity index (χ1v) is 7.53. The molecule has 1 aliphatic heterocycles. The fourth-order valence-electron chi connectivity index (χ4n) is 2.64. The van der Waals surface area contributed by atoms with Crippen LogP contribution >= 0.6 is 0 Å². The Balaban J connectivity index is 2.16. The summed E-state index contributed by atoms with van der Waals surface area (Å²) in [7, 11) is 0. The number of benzene rings is 1. The molecule has 1 amide bonds. The largest absolute Gasteiger partial charge is 0.356 e. The molecule has 0 aromatic heterocycles. The van der Waals surface area contributed by atoms with E-state index in [1.807, 2.05) is 35.2 Å². The van der Waals surface area contributed by atoms with Gasteiger partial charge in [0.2, 0.25) is 0 Å². The van der Waals surface area contributed by atoms with Gasteiger partial charge in [-0.1, -0.05) is 43.7 Å². The van der Waals surface area contributed by atoms with Gasteiger partial charge in [-0.15, -0.1) is 0 Å². The van der Waals surface area contributed by atoms with Crippen LogP contribution < -0.4 is 0 Å². The molecule has 1 aromatic carbocycles. The maximum Gasteiger partial charge on any atom is 0.255 e. The van der Waals surface area contributed by atoms with Crippen LogP contribution in [-0.2, 0) is 4.74 Å². The second kappa shape index (κ2) is 6.44. The predicted octanol–water partition coefficient (Wildman–Crippen LogP) is 3.87. The van der Waals surface area contributed by atoms with Gasteiger partial charge >= 0.3 is 0 Å². The Labute approximate surface area is 127 Å². The highest BCUT2D eigenvalue weighted by Gasteiger charge is 2.40. The maximum atomic E-state index is 12.7. The highest BCUT2D eigenvalue weighted by atomic mass is 16.5. The zero-order chi connectivity index (χ0) is 15.5. The fraction of sp³-hybridized carbons (Fsp3) is 0.500. The molecular formula is C18H25NO2. The average Bonchev–Trinajstić information content (AvgIpc) is 2.96. The van der Waals surface area contributed by atoms with Gasteiger partial charge in [0.05, 0.1) is 6.61 Å². The molecule has 1 aliphatic rings. The summed E-state index contributed by atoms with van der Waals surface area (Å²) in [6, 6.07) is 9.44. The topological polar surface area (TPSA) is 29.5 Å². The van der Waals surface area contributed by atoms with Crippen molar-refractivity contribution >= 4 is 5.91 Å². The van der Waals surface area contributed by atoms with E-state index in [1.165, 1.54) is 5.57 Å². The predicted molar refractivity (Wildman–Crippen MR) is 85.0 cm³/mol. The first-order valence-electron chi connectivity index (χ1n) is 7.53. The third-order valence-corrected chi connectivity index (χ3v) is 3.88. The fourth-order valence-corrected chi connectivity index (χ4v) is 2.64. The zero-order valence-electron chi connectivity index (χ0n) is 13.4. The minimum atomic E-state index is -0.166. The molecule has 0 N–H and O–H groups in total. The highest BCUT2D eigenvalue weighted by molar-refractivity contribution is 5.94. The summed E-state index contributed by atoms with van der Waals surface area (Å²) in [4.78, 5) is 14.5. The molecule has 2 rings (SSSR count). The summed E-state index contributed by atoms with van der Waals surface area (Å²) in [5.74, 6) is 0.0587. The van der Waals surface area contributed by atoms with Crippen LogP contribution in [0.1, 0.15) is 44.5 Å². The summed E-state index contributed by atoms with van der Waals surface area (Å²) >= 11 is 0. The molecule has 1 fully saturated rings. The lowest BCUT2D eigenvalue weighted by molar-refractivity contribution is -0.0425. The van der Waals surface area contributed by atoms with E-state index in [9.17, 15) is 4.79 Å². The molecule has 0 radical (unpaired) electrons. The molecular weight excluding hydrogens is 262 g/mol. The Morgan fingerprint density at radius 1 is 1.33 bits per heavy atom. The van der Waals surface area contributed by atoms with Gasteiger partial charge in [-0.05, 0) is 32.4 Å². The van der Waals surface area contributed by atoms with Gasteiger partial charge in [0.1, 0.15) is 6.23 Å². The van der Waals surface area contributed by atoms with Gasteiger partial charge in [0, 0.05) is 17.5 Å². The number of carbonyl (C=O) groups is 1. The van der Waals surface area contributed by atoms with Crippen LogP contribution in [0.2, 0.25) is 0 Å². The summed E-state index contributed by atoms with van der Waals surface area (Å²) in [6.07, 6.45) is 2.95. The van der Waals surface area contributed by atoms with E-state index in [0.29, 0.717) is 13.2 Å². The Bertz CT molecular complexity index is 515. The molecule has 3 heteroatoms. The van der Waals surface area contributed by atoms with Crippen LogP contribution in [0.5, 0.6) is 0 Å². The molecule has 0 saturated carbocycles. The Hall–Kier alpha value is -1.61. The van der Waals surface area contributed by atoms with Crippen molar-refractivity contribution in [2.24, 2.45) is 5.41 Å². The molecule has 3 nitrogen and oxygen atoms in total. The minimum Gasteiger partial charge on any atom is -0.356 e. The van der Waals surface area contributed by atoms with Gasteiger partial charge in [-0.25, -0.2) is 0 Å². The van der Waals surface area contributed by atoms with E-state index in [4.69, 9.17) is 4.74 Å². The smallest absolute Gasteiger partial charge is 0.255 e. The van der Waals surface area contributed by atoms with Gasteiger partial charge in [0.25, 0.3) is 5.91 Å². The minimum absolute atomic E-state index is 0.0587. The second-order valence-corrected chi connectivity index (χ2v) is 6.56. The molecule has 0 bridgehead atoms. The number of allylic oxidation sites excluding steroid dienone is 2. The Kier molecular flexibility index (Phi) is 4.84. The SMILES string of the molecule is CC(C)=CCC(C)(C)[C@@H]1OCCN1C(=O)c1ccccc1. The summed E-state index contributed by atoms with van der Waals surface area (Å²) < 4.78 is 5.88. The molecule has 0 unspecified atom stereocenters. The number of ether oxygens (including phenoxy) is 1. The van der Waals surface area contributed by atoms with Crippen molar-refractivity contribution in [2.45, 2.75) is 40.3 Å². The molecule has 114 valence electrons. The van der Waals surface area contributed by atoms with Crippen LogP contribution in [-0.4, -0.2) is 30.2 Å². The third-order valence-electron chi connectivity index (χ3n) is 3.88. The van der Waals surface area contributed by atoms with Crippen molar-refractivity contribution in [1.29, 1.82) is 0 Å². The molecule has 1 aromatic rings. The van der Waals surface area contributed by atoms with E-state index >= 15 is 0 Å². The van der Waals surface area contributed by atoms with Crippen molar-refractivity contribution in [2.75, 3.05) is 13.2 Å². The molecule has 0 aliphatic carbocycles. The van der Waals surface area contributed by atoms with E-state index < -0.39 is 0 Å². The molecule has 1 atom stereocenters. The molecule has 1 heterocycles. The van der Waals surface area contributed by atoms with E-state index in [-0.39, 0.29) is 17.6 Å². The van der Waals surface area contributed by atoms with Gasteiger partial charge < -0.3 is 9.64 Å². The van der Waals surface area contributed by atoms with Gasteiger partial charge in [0.15, 0.2) is 0 Å². The van der Waals surface area contributed by atoms with Crippen molar-refractivity contribution in [3.8, 4) is 0 Å². The highest BCUT2D eigenvalue weighted by Crippen LogP contribution is 2.34. The van der Waals surface area contributed by atoms with Crippen LogP contribution in [0.4, 0.5) is 0 Å². The first-order chi connectivity index (χ1) is 9.92. The van der Waals surface area contributed by atoms with E-state index in [0.717, 1.165) is 12.0 Å². The number of nitrogens with zero attached hydrogens (tertiary/aromatic N) is 1. The number of hydrogen-bond donors (Lipinski definition) is 0. The molecule has 0 spiro atoms. The van der Waals surface area contributed by atoms with Gasteiger partial charge in [-0.3, -0.25) is 4.79 Å². The van der Waals surface area contributed by atoms with Crippen molar-refractivity contribution in [3.63, 3.8) is 0 Å². The normalized spacial score (nSPS) is 18.7. The van der Waals surface area contributed by atoms with Crippen molar-refractivity contribution in [3.05, 3.63) is 47.5 Å². The standard InChI is InChI=1S/C18H25NO2/c1-14(2)10-11-18(3,4)17-19(12-13-21-17)16(20)15-8-6-5-7-9-15/h5-10,17H,11-13H2,1-4H3/t17-/m0/s1. The molecule has 1 saturated heterocycles. The Morgan fingerprint density at radius 3 is 2.62 bits per heavy atom. The van der Waals surface area contributed by atoms with E-state index in [2.05, 4.69) is 33.8 Å². The average molecular weight is 287 g/mol. The lowest BCUT2D eigenvalue weighted by atomic mass is 9.85. The lowest BCUT2D eigenvalue weighted by Crippen LogP contribution is -2.45. The third kappa shape index (κ3) is 3.73. The van der Waals surface area contributed by atoms with Crippen molar-refractivity contribution < 1.29 is 9.53 Å². The van der Waals surface area contributed by atoms with Crippen LogP contribution in [0.15, 0.2) is 42.0 Å². The summed E-state index contributed by atoms with van der Waals surface area (Å²) in [6.45, 7) is 9.79. The first kappa shape index (κ1) is 15.8.